The lowest BCUT2D eigenvalue weighted by Gasteiger charge is -2.10. The van der Waals surface area contributed by atoms with E-state index in [0.29, 0.717) is 34.9 Å². The number of aromatic amines is 1. The number of halogens is 1. The Bertz CT molecular complexity index is 1270. The summed E-state index contributed by atoms with van der Waals surface area (Å²) in [5, 5.41) is 16.4. The van der Waals surface area contributed by atoms with Crippen molar-refractivity contribution in [3.8, 4) is 17.3 Å². The second kappa shape index (κ2) is 10.7. The van der Waals surface area contributed by atoms with Gasteiger partial charge in [0.1, 0.15) is 5.75 Å². The van der Waals surface area contributed by atoms with Crippen molar-refractivity contribution in [2.75, 3.05) is 17.8 Å². The highest BCUT2D eigenvalue weighted by Crippen LogP contribution is 2.26. The molecule has 4 aromatic rings. The molecule has 170 valence electrons. The van der Waals surface area contributed by atoms with Crippen LogP contribution in [-0.2, 0) is 0 Å². The zero-order chi connectivity index (χ0) is 23.0. The Morgan fingerprint density at radius 3 is 2.67 bits per heavy atom. The van der Waals surface area contributed by atoms with Crippen LogP contribution in [0.15, 0.2) is 57.7 Å². The van der Waals surface area contributed by atoms with E-state index < -0.39 is 0 Å². The predicted octanol–water partition coefficient (Wildman–Crippen LogP) is 4.40. The number of ether oxygens (including phenoxy) is 1. The maximum absolute atomic E-state index is 12.8. The van der Waals surface area contributed by atoms with Crippen molar-refractivity contribution in [3.05, 3.63) is 64.3 Å². The molecule has 9 nitrogen and oxygen atoms in total. The first kappa shape index (κ1) is 22.5. The molecular weight excluding hydrogens is 446 g/mol. The third-order valence-corrected chi connectivity index (χ3v) is 5.26. The minimum Gasteiger partial charge on any atom is -0.494 e. The number of nitrogens with zero attached hydrogens (tertiary/aromatic N) is 3. The topological polar surface area (TPSA) is 123 Å². The number of unbranched alkanes of at least 4 members (excludes halogenated alkanes) is 3. The van der Waals surface area contributed by atoms with Gasteiger partial charge in [0.05, 0.1) is 17.7 Å². The maximum atomic E-state index is 12.8. The molecule has 1 amide bonds. The summed E-state index contributed by atoms with van der Waals surface area (Å²) in [7, 11) is 0. The van der Waals surface area contributed by atoms with Crippen LogP contribution in [0.4, 0.5) is 5.69 Å². The van der Waals surface area contributed by atoms with E-state index in [0.717, 1.165) is 25.7 Å². The van der Waals surface area contributed by atoms with Gasteiger partial charge < -0.3 is 14.5 Å². The molecule has 0 fully saturated rings. The Hall–Kier alpha value is -3.72. The molecule has 0 aliphatic rings. The van der Waals surface area contributed by atoms with Crippen molar-refractivity contribution >= 4 is 34.2 Å². The van der Waals surface area contributed by atoms with Gasteiger partial charge in [-0.1, -0.05) is 18.9 Å². The minimum atomic E-state index is -0.343. The number of rotatable bonds is 10. The van der Waals surface area contributed by atoms with E-state index in [4.69, 9.17) is 20.8 Å². The molecule has 0 radical (unpaired) electrons. The lowest BCUT2D eigenvalue weighted by Crippen LogP contribution is -2.13. The molecule has 0 aliphatic carbocycles. The number of benzene rings is 2. The van der Waals surface area contributed by atoms with Crippen LogP contribution in [0.3, 0.4) is 0 Å². The Morgan fingerprint density at radius 1 is 1.09 bits per heavy atom. The van der Waals surface area contributed by atoms with Gasteiger partial charge in [0.25, 0.3) is 5.91 Å². The summed E-state index contributed by atoms with van der Waals surface area (Å²) in [5.41, 5.74) is 0.766. The van der Waals surface area contributed by atoms with Crippen LogP contribution in [0.1, 0.15) is 36.0 Å². The average molecular weight is 468 g/mol. The van der Waals surface area contributed by atoms with Crippen molar-refractivity contribution in [1.82, 2.24) is 20.6 Å². The van der Waals surface area contributed by atoms with Gasteiger partial charge in [-0.2, -0.15) is 0 Å². The molecule has 2 aromatic carbocycles. The minimum absolute atomic E-state index is 0.170. The van der Waals surface area contributed by atoms with Gasteiger partial charge in [-0.05, 0) is 59.7 Å². The number of tetrazole rings is 1. The highest BCUT2D eigenvalue weighted by molar-refractivity contribution is 6.17. The van der Waals surface area contributed by atoms with Crippen LogP contribution in [0.5, 0.6) is 5.75 Å². The Balaban J connectivity index is 1.46. The molecule has 0 saturated carbocycles. The van der Waals surface area contributed by atoms with E-state index in [9.17, 15) is 9.59 Å². The van der Waals surface area contributed by atoms with E-state index in [1.54, 1.807) is 42.5 Å². The Kier molecular flexibility index (Phi) is 7.31. The largest absolute Gasteiger partial charge is 0.494 e. The summed E-state index contributed by atoms with van der Waals surface area (Å²) in [5.74, 6) is 1.43. The number of anilines is 1. The van der Waals surface area contributed by atoms with E-state index in [2.05, 4.69) is 25.9 Å². The summed E-state index contributed by atoms with van der Waals surface area (Å²) < 4.78 is 11.6. The number of hydrogen-bond donors (Lipinski definition) is 2. The smallest absolute Gasteiger partial charge is 0.255 e. The number of hydrogen-bond acceptors (Lipinski definition) is 7. The maximum Gasteiger partial charge on any atom is 0.255 e. The third-order valence-electron chi connectivity index (χ3n) is 4.99. The summed E-state index contributed by atoms with van der Waals surface area (Å²) in [6.07, 6.45) is 4.14. The van der Waals surface area contributed by atoms with Crippen molar-refractivity contribution in [3.63, 3.8) is 0 Å². The molecule has 2 aromatic heterocycles. The van der Waals surface area contributed by atoms with Crippen molar-refractivity contribution in [1.29, 1.82) is 0 Å². The lowest BCUT2D eigenvalue weighted by molar-refractivity contribution is 0.102. The first-order valence-electron chi connectivity index (χ1n) is 10.6. The van der Waals surface area contributed by atoms with Gasteiger partial charge in [-0.3, -0.25) is 9.59 Å². The predicted molar refractivity (Wildman–Crippen MR) is 125 cm³/mol. The second-order valence-electron chi connectivity index (χ2n) is 7.34. The van der Waals surface area contributed by atoms with Gasteiger partial charge in [-0.15, -0.1) is 16.7 Å². The summed E-state index contributed by atoms with van der Waals surface area (Å²) in [6, 6.07) is 13.1. The number of H-pyrrole nitrogens is 1. The summed E-state index contributed by atoms with van der Waals surface area (Å²) in [6.45, 7) is 0.617. The number of carbonyl (C=O) groups excluding carboxylic acids is 1. The van der Waals surface area contributed by atoms with Crippen molar-refractivity contribution in [2.24, 2.45) is 0 Å². The molecule has 4 rings (SSSR count). The highest BCUT2D eigenvalue weighted by Gasteiger charge is 2.15. The standard InChI is InChI=1S/C23H22ClN5O4/c24-12-3-1-2-4-13-32-16-10-8-15(9-11-16)23(31)25-18-7-5-6-17-19(30)14-20(33-21(17)18)22-26-28-29-27-22/h5-11,14H,1-4,12-13H2,(H,25,31)(H,26,27,28,29). The number of nitrogens with one attached hydrogen (secondary N) is 2. The van der Waals surface area contributed by atoms with E-state index in [1.807, 2.05) is 0 Å². The fourth-order valence-electron chi connectivity index (χ4n) is 3.29. The zero-order valence-electron chi connectivity index (χ0n) is 17.7. The Labute approximate surface area is 194 Å². The van der Waals surface area contributed by atoms with E-state index >= 15 is 0 Å². The number of para-hydroxylation sites is 1. The quantitative estimate of drug-likeness (QED) is 0.261. The molecule has 0 atom stereocenters. The van der Waals surface area contributed by atoms with Crippen LogP contribution in [0.2, 0.25) is 0 Å². The molecule has 10 heteroatoms. The van der Waals surface area contributed by atoms with Gasteiger partial charge in [0.15, 0.2) is 16.8 Å². The van der Waals surface area contributed by atoms with Crippen LogP contribution in [0, 0.1) is 0 Å². The summed E-state index contributed by atoms with van der Waals surface area (Å²) >= 11 is 5.67. The molecule has 2 heterocycles. The van der Waals surface area contributed by atoms with E-state index in [1.165, 1.54) is 6.07 Å². The van der Waals surface area contributed by atoms with Gasteiger partial charge in [-0.25, -0.2) is 5.10 Å². The molecule has 0 aliphatic heterocycles. The molecule has 0 spiro atoms. The highest BCUT2D eigenvalue weighted by atomic mass is 35.5. The van der Waals surface area contributed by atoms with E-state index in [-0.39, 0.29) is 28.5 Å². The fraction of sp³-hybridized carbons (Fsp3) is 0.261. The monoisotopic (exact) mass is 467 g/mol. The third kappa shape index (κ3) is 5.56. The lowest BCUT2D eigenvalue weighted by atomic mass is 10.1. The number of carbonyl (C=O) groups is 1. The van der Waals surface area contributed by atoms with Crippen LogP contribution < -0.4 is 15.5 Å². The first-order valence-corrected chi connectivity index (χ1v) is 11.1. The molecule has 0 bridgehead atoms. The van der Waals surface area contributed by atoms with Gasteiger partial charge >= 0.3 is 0 Å². The molecular formula is C23H22ClN5O4. The van der Waals surface area contributed by atoms with Crippen LogP contribution >= 0.6 is 11.6 Å². The van der Waals surface area contributed by atoms with Crippen molar-refractivity contribution in [2.45, 2.75) is 25.7 Å². The van der Waals surface area contributed by atoms with Crippen LogP contribution in [0.25, 0.3) is 22.6 Å². The SMILES string of the molecule is O=C(Nc1cccc2c(=O)cc(-c3nnn[nH]3)oc12)c1ccc(OCCCCCCCl)cc1. The fourth-order valence-corrected chi connectivity index (χ4v) is 3.48. The first-order chi connectivity index (χ1) is 16.2. The number of alkyl halides is 1. The Morgan fingerprint density at radius 2 is 1.91 bits per heavy atom. The molecule has 33 heavy (non-hydrogen) atoms. The van der Waals surface area contributed by atoms with Crippen molar-refractivity contribution < 1.29 is 13.9 Å². The molecule has 0 unspecified atom stereocenters. The number of fused-ring (bicyclic) bond motifs is 1. The second-order valence-corrected chi connectivity index (χ2v) is 7.72. The van der Waals surface area contributed by atoms with Crippen LogP contribution in [-0.4, -0.2) is 39.0 Å². The molecule has 0 saturated heterocycles. The number of amides is 1. The zero-order valence-corrected chi connectivity index (χ0v) is 18.5. The van der Waals surface area contributed by atoms with Gasteiger partial charge in [0.2, 0.25) is 5.82 Å². The molecule has 2 N–H and O–H groups in total. The normalized spacial score (nSPS) is 10.9. The van der Waals surface area contributed by atoms with Gasteiger partial charge in [0, 0.05) is 17.5 Å². The number of aromatic nitrogens is 4. The average Bonchev–Trinajstić information content (AvgIpc) is 3.37. The summed E-state index contributed by atoms with van der Waals surface area (Å²) in [4.78, 5) is 25.3.